The van der Waals surface area contributed by atoms with Crippen LogP contribution in [0.2, 0.25) is 5.02 Å². The third kappa shape index (κ3) is 3.03. The largest absolute Gasteiger partial charge is 0.318 e. The van der Waals surface area contributed by atoms with Crippen molar-refractivity contribution in [1.82, 2.24) is 5.32 Å². The van der Waals surface area contributed by atoms with Gasteiger partial charge in [0.25, 0.3) is 0 Å². The third-order valence-corrected chi connectivity index (χ3v) is 5.68. The minimum absolute atomic E-state index is 0.172. The van der Waals surface area contributed by atoms with Crippen LogP contribution in [0.5, 0.6) is 0 Å². The number of nitrogens with one attached hydrogen (secondary N) is 1. The van der Waals surface area contributed by atoms with Gasteiger partial charge in [-0.25, -0.2) is 8.42 Å². The maximum absolute atomic E-state index is 12.8. The molecule has 20 heavy (non-hydrogen) atoms. The van der Waals surface area contributed by atoms with Crippen LogP contribution in [-0.4, -0.2) is 22.0 Å². The van der Waals surface area contributed by atoms with Gasteiger partial charge in [0.05, 0.1) is 9.92 Å². The van der Waals surface area contributed by atoms with E-state index in [9.17, 15) is 8.42 Å². The van der Waals surface area contributed by atoms with Gasteiger partial charge in [0.2, 0.25) is 0 Å². The van der Waals surface area contributed by atoms with Crippen molar-refractivity contribution in [2.45, 2.75) is 10.1 Å². The van der Waals surface area contributed by atoms with Crippen LogP contribution in [0.3, 0.4) is 0 Å². The van der Waals surface area contributed by atoms with Crippen LogP contribution in [0, 0.1) is 0 Å². The van der Waals surface area contributed by atoms with Crippen LogP contribution in [0.15, 0.2) is 59.5 Å². The lowest BCUT2D eigenvalue weighted by molar-refractivity contribution is 0.576. The van der Waals surface area contributed by atoms with Crippen molar-refractivity contribution in [3.05, 3.63) is 65.2 Å². The minimum Gasteiger partial charge on any atom is -0.318 e. The summed E-state index contributed by atoms with van der Waals surface area (Å²) in [5.74, 6) is 0. The fourth-order valence-electron chi connectivity index (χ4n) is 2.09. The molecule has 1 N–H and O–H groups in total. The smallest absolute Gasteiger partial charge is 0.188 e. The molecule has 3 nitrogen and oxygen atoms in total. The Morgan fingerprint density at radius 3 is 2.25 bits per heavy atom. The van der Waals surface area contributed by atoms with Crippen LogP contribution in [0.4, 0.5) is 0 Å². The highest BCUT2D eigenvalue weighted by Crippen LogP contribution is 2.32. The van der Waals surface area contributed by atoms with E-state index in [1.165, 1.54) is 0 Å². The highest BCUT2D eigenvalue weighted by molar-refractivity contribution is 7.91. The highest BCUT2D eigenvalue weighted by atomic mass is 35.5. The van der Waals surface area contributed by atoms with Crippen molar-refractivity contribution in [1.29, 1.82) is 0 Å². The Labute approximate surface area is 124 Å². The lowest BCUT2D eigenvalue weighted by Gasteiger charge is -2.18. The number of hydrogen-bond acceptors (Lipinski definition) is 3. The van der Waals surface area contributed by atoms with Gasteiger partial charge in [0.1, 0.15) is 5.25 Å². The molecule has 0 aliphatic rings. The Kier molecular flexibility index (Phi) is 4.81. The van der Waals surface area contributed by atoms with Crippen LogP contribution < -0.4 is 5.32 Å². The van der Waals surface area contributed by atoms with Crippen LogP contribution in [0.1, 0.15) is 10.8 Å². The van der Waals surface area contributed by atoms with Crippen LogP contribution in [0.25, 0.3) is 0 Å². The zero-order valence-corrected chi connectivity index (χ0v) is 12.7. The first-order chi connectivity index (χ1) is 9.57. The number of likely N-dealkylation sites (N-methyl/N-ethyl adjacent to an activating group) is 1. The first-order valence-corrected chi connectivity index (χ1v) is 8.17. The molecule has 1 unspecified atom stereocenters. The molecule has 0 heterocycles. The van der Waals surface area contributed by atoms with Gasteiger partial charge in [-0.1, -0.05) is 54.1 Å². The van der Waals surface area contributed by atoms with Gasteiger partial charge in [-0.15, -0.1) is 0 Å². The molecule has 0 aliphatic heterocycles. The fraction of sp³-hybridized carbons (Fsp3) is 0.200. The van der Waals surface area contributed by atoms with Gasteiger partial charge < -0.3 is 5.32 Å². The Balaban J connectivity index is 2.52. The first kappa shape index (κ1) is 15.0. The first-order valence-electron chi connectivity index (χ1n) is 6.25. The van der Waals surface area contributed by atoms with E-state index in [1.54, 1.807) is 31.3 Å². The lowest BCUT2D eigenvalue weighted by atomic mass is 10.1. The van der Waals surface area contributed by atoms with E-state index < -0.39 is 15.1 Å². The molecular formula is C15H16ClNO2S. The fourth-order valence-corrected chi connectivity index (χ4v) is 4.36. The molecule has 0 amide bonds. The molecule has 0 aliphatic carbocycles. The van der Waals surface area contributed by atoms with Crippen molar-refractivity contribution >= 4 is 21.4 Å². The second-order valence-electron chi connectivity index (χ2n) is 4.43. The van der Waals surface area contributed by atoms with Crippen molar-refractivity contribution in [2.24, 2.45) is 0 Å². The summed E-state index contributed by atoms with van der Waals surface area (Å²) in [5.41, 5.74) is 0.752. The lowest BCUT2D eigenvalue weighted by Crippen LogP contribution is -2.25. The summed E-state index contributed by atoms with van der Waals surface area (Å²) in [5, 5.41) is 2.53. The van der Waals surface area contributed by atoms with Gasteiger partial charge in [-0.3, -0.25) is 0 Å². The second kappa shape index (κ2) is 6.39. The van der Waals surface area contributed by atoms with Crippen LogP contribution in [-0.2, 0) is 9.84 Å². The van der Waals surface area contributed by atoms with E-state index in [0.717, 1.165) is 5.56 Å². The molecule has 2 aromatic carbocycles. The monoisotopic (exact) mass is 309 g/mol. The summed E-state index contributed by atoms with van der Waals surface area (Å²) in [6.45, 7) is 0.331. The molecular weight excluding hydrogens is 294 g/mol. The number of hydrogen-bond donors (Lipinski definition) is 1. The molecule has 0 saturated carbocycles. The number of sulfone groups is 1. The molecule has 0 saturated heterocycles. The summed E-state index contributed by atoms with van der Waals surface area (Å²) in [6.07, 6.45) is 0. The van der Waals surface area contributed by atoms with E-state index in [4.69, 9.17) is 11.6 Å². The zero-order valence-electron chi connectivity index (χ0n) is 11.1. The molecule has 106 valence electrons. The number of rotatable bonds is 5. The Morgan fingerprint density at radius 2 is 1.65 bits per heavy atom. The van der Waals surface area contributed by atoms with Crippen molar-refractivity contribution in [2.75, 3.05) is 13.6 Å². The van der Waals surface area contributed by atoms with Gasteiger partial charge in [-0.2, -0.15) is 0 Å². The summed E-state index contributed by atoms with van der Waals surface area (Å²) in [4.78, 5) is 0.172. The van der Waals surface area contributed by atoms with E-state index >= 15 is 0 Å². The predicted molar refractivity (Wildman–Crippen MR) is 81.7 cm³/mol. The average molecular weight is 310 g/mol. The van der Waals surface area contributed by atoms with Crippen molar-refractivity contribution in [3.63, 3.8) is 0 Å². The zero-order chi connectivity index (χ0) is 14.6. The third-order valence-electron chi connectivity index (χ3n) is 3.08. The summed E-state index contributed by atoms with van der Waals surface area (Å²) in [7, 11) is -1.81. The molecule has 2 rings (SSSR count). The van der Waals surface area contributed by atoms with E-state index in [-0.39, 0.29) is 9.92 Å². The van der Waals surface area contributed by atoms with E-state index in [2.05, 4.69) is 5.32 Å². The van der Waals surface area contributed by atoms with Gasteiger partial charge in [0.15, 0.2) is 9.84 Å². The van der Waals surface area contributed by atoms with E-state index in [0.29, 0.717) is 6.54 Å². The van der Waals surface area contributed by atoms with Crippen molar-refractivity contribution in [3.8, 4) is 0 Å². The minimum atomic E-state index is -3.54. The molecule has 0 spiro atoms. The molecule has 0 radical (unpaired) electrons. The van der Waals surface area contributed by atoms with E-state index in [1.807, 2.05) is 30.3 Å². The maximum Gasteiger partial charge on any atom is 0.188 e. The topological polar surface area (TPSA) is 46.2 Å². The Bertz CT molecular complexity index is 671. The number of benzene rings is 2. The van der Waals surface area contributed by atoms with Gasteiger partial charge >= 0.3 is 0 Å². The maximum atomic E-state index is 12.8. The average Bonchev–Trinajstić information content (AvgIpc) is 2.45. The van der Waals surface area contributed by atoms with Crippen LogP contribution >= 0.6 is 11.6 Å². The van der Waals surface area contributed by atoms with Crippen molar-refractivity contribution < 1.29 is 8.42 Å². The summed E-state index contributed by atoms with van der Waals surface area (Å²) < 4.78 is 25.6. The molecule has 5 heteroatoms. The quantitative estimate of drug-likeness (QED) is 0.923. The molecule has 0 bridgehead atoms. The normalized spacial score (nSPS) is 13.1. The molecule has 1 atom stereocenters. The standard InChI is InChI=1S/C15H16ClNO2S/c1-17-11-15(12-7-3-2-4-8-12)20(18,19)14-10-6-5-9-13(14)16/h2-10,15,17H,11H2,1H3. The van der Waals surface area contributed by atoms with Gasteiger partial charge in [-0.05, 0) is 24.7 Å². The van der Waals surface area contributed by atoms with Gasteiger partial charge in [0, 0.05) is 6.54 Å². The number of halogens is 1. The molecule has 0 aromatic heterocycles. The second-order valence-corrected chi connectivity index (χ2v) is 6.94. The SMILES string of the molecule is CNCC(c1ccccc1)S(=O)(=O)c1ccccc1Cl. The Morgan fingerprint density at radius 1 is 1.05 bits per heavy atom. The molecule has 2 aromatic rings. The summed E-state index contributed by atoms with van der Waals surface area (Å²) in [6, 6.07) is 15.7. The Hall–Kier alpha value is -1.36. The highest BCUT2D eigenvalue weighted by Gasteiger charge is 2.29. The predicted octanol–water partition coefficient (Wildman–Crippen LogP) is 3.07. The summed E-state index contributed by atoms with van der Waals surface area (Å²) >= 11 is 6.04. The molecule has 0 fully saturated rings.